The zero-order valence-corrected chi connectivity index (χ0v) is 9.34. The van der Waals surface area contributed by atoms with Crippen LogP contribution in [0.2, 0.25) is 0 Å². The van der Waals surface area contributed by atoms with E-state index in [0.29, 0.717) is 11.4 Å². The van der Waals surface area contributed by atoms with Crippen molar-refractivity contribution in [3.05, 3.63) is 23.9 Å². The summed E-state index contributed by atoms with van der Waals surface area (Å²) in [5.74, 6) is 5.45. The molecule has 16 heavy (non-hydrogen) atoms. The molecule has 4 N–H and O–H groups in total. The largest absolute Gasteiger partial charge is 0.394 e. The molecule has 1 aromatic rings. The second-order valence-corrected chi connectivity index (χ2v) is 3.52. The lowest BCUT2D eigenvalue weighted by Gasteiger charge is -2.23. The Morgan fingerprint density at radius 1 is 1.75 bits per heavy atom. The van der Waals surface area contributed by atoms with Gasteiger partial charge in [-0.2, -0.15) is 0 Å². The van der Waals surface area contributed by atoms with Crippen LogP contribution in [0.3, 0.4) is 0 Å². The summed E-state index contributed by atoms with van der Waals surface area (Å²) >= 11 is 0. The normalized spacial score (nSPS) is 12.0. The number of rotatable bonds is 4. The highest BCUT2D eigenvalue weighted by atomic mass is 16.3. The van der Waals surface area contributed by atoms with Crippen molar-refractivity contribution in [3.63, 3.8) is 0 Å². The quantitative estimate of drug-likeness (QED) is 0.487. The fourth-order valence-corrected chi connectivity index (χ4v) is 1.17. The molecule has 1 amide bonds. The maximum Gasteiger partial charge on any atom is 0.254 e. The summed E-state index contributed by atoms with van der Waals surface area (Å²) in [5.41, 5.74) is 2.85. The fourth-order valence-electron chi connectivity index (χ4n) is 1.17. The van der Waals surface area contributed by atoms with Crippen molar-refractivity contribution in [3.8, 4) is 0 Å². The van der Waals surface area contributed by atoms with Crippen LogP contribution in [0.1, 0.15) is 17.3 Å². The maximum absolute atomic E-state index is 11.9. The highest BCUT2D eigenvalue weighted by molar-refractivity contribution is 5.94. The maximum atomic E-state index is 11.9. The minimum Gasteiger partial charge on any atom is -0.394 e. The number of aliphatic hydroxyl groups excluding tert-OH is 1. The molecular formula is C10H16N4O2. The topological polar surface area (TPSA) is 91.5 Å². The number of hydrazine groups is 1. The fraction of sp³-hybridized carbons (Fsp3) is 0.400. The van der Waals surface area contributed by atoms with Crippen molar-refractivity contribution >= 4 is 11.7 Å². The third-order valence-corrected chi connectivity index (χ3v) is 2.40. The van der Waals surface area contributed by atoms with Crippen LogP contribution in [-0.2, 0) is 0 Å². The Morgan fingerprint density at radius 2 is 2.44 bits per heavy atom. The summed E-state index contributed by atoms with van der Waals surface area (Å²) in [6.07, 6.45) is 1.50. The third kappa shape index (κ3) is 2.68. The smallest absolute Gasteiger partial charge is 0.254 e. The lowest BCUT2D eigenvalue weighted by atomic mass is 10.2. The molecule has 88 valence electrons. The summed E-state index contributed by atoms with van der Waals surface area (Å²) in [6.45, 7) is 1.69. The molecular weight excluding hydrogens is 208 g/mol. The number of carbonyl (C=O) groups excluding carboxylic acids is 1. The first-order valence-corrected chi connectivity index (χ1v) is 4.90. The van der Waals surface area contributed by atoms with Gasteiger partial charge < -0.3 is 15.4 Å². The first kappa shape index (κ1) is 12.4. The number of nitrogens with two attached hydrogens (primary N) is 1. The van der Waals surface area contributed by atoms with E-state index < -0.39 is 0 Å². The molecule has 6 heteroatoms. The van der Waals surface area contributed by atoms with Crippen LogP contribution in [0.4, 0.5) is 5.82 Å². The second kappa shape index (κ2) is 5.43. The Kier molecular flexibility index (Phi) is 4.21. The zero-order valence-electron chi connectivity index (χ0n) is 9.34. The summed E-state index contributed by atoms with van der Waals surface area (Å²) < 4.78 is 0. The van der Waals surface area contributed by atoms with Gasteiger partial charge in [0.05, 0.1) is 12.6 Å². The number of aliphatic hydroxyl groups is 1. The molecule has 0 saturated carbocycles. The number of hydrogen-bond donors (Lipinski definition) is 3. The van der Waals surface area contributed by atoms with E-state index in [1.54, 1.807) is 26.1 Å². The Bertz CT molecular complexity index is 370. The molecule has 0 aliphatic rings. The zero-order chi connectivity index (χ0) is 12.1. The number of nitrogen functional groups attached to an aromatic ring is 1. The number of anilines is 1. The van der Waals surface area contributed by atoms with Crippen LogP contribution in [0, 0.1) is 0 Å². The summed E-state index contributed by atoms with van der Waals surface area (Å²) in [6, 6.07) is 2.93. The molecule has 0 aliphatic carbocycles. The van der Waals surface area contributed by atoms with Gasteiger partial charge in [-0.15, -0.1) is 0 Å². The van der Waals surface area contributed by atoms with Gasteiger partial charge >= 0.3 is 0 Å². The first-order chi connectivity index (χ1) is 7.60. The van der Waals surface area contributed by atoms with E-state index in [2.05, 4.69) is 10.4 Å². The van der Waals surface area contributed by atoms with Crippen molar-refractivity contribution in [2.75, 3.05) is 19.1 Å². The monoisotopic (exact) mass is 224 g/mol. The van der Waals surface area contributed by atoms with E-state index >= 15 is 0 Å². The predicted octanol–water partition coefficient (Wildman–Crippen LogP) is -0.180. The predicted molar refractivity (Wildman–Crippen MR) is 60.7 cm³/mol. The van der Waals surface area contributed by atoms with Crippen LogP contribution >= 0.6 is 0 Å². The number of nitrogens with one attached hydrogen (secondary N) is 1. The van der Waals surface area contributed by atoms with Gasteiger partial charge in [-0.05, 0) is 19.1 Å². The average Bonchev–Trinajstić information content (AvgIpc) is 2.36. The van der Waals surface area contributed by atoms with Crippen molar-refractivity contribution < 1.29 is 9.90 Å². The van der Waals surface area contributed by atoms with E-state index in [-0.39, 0.29) is 18.6 Å². The van der Waals surface area contributed by atoms with Gasteiger partial charge in [-0.25, -0.2) is 10.8 Å². The Balaban J connectivity index is 2.87. The van der Waals surface area contributed by atoms with Gasteiger partial charge in [0.15, 0.2) is 0 Å². The average molecular weight is 224 g/mol. The Morgan fingerprint density at radius 3 is 3.00 bits per heavy atom. The standard InChI is InChI=1S/C10H16N4O2/c1-7(6-15)14(2)10(16)8-3-4-12-9(5-8)13-11/h3-5,7,15H,6,11H2,1-2H3,(H,12,13). The van der Waals surface area contributed by atoms with Gasteiger partial charge in [-0.1, -0.05) is 0 Å². The van der Waals surface area contributed by atoms with E-state index in [9.17, 15) is 4.79 Å². The van der Waals surface area contributed by atoms with E-state index in [4.69, 9.17) is 10.9 Å². The highest BCUT2D eigenvalue weighted by Gasteiger charge is 2.16. The van der Waals surface area contributed by atoms with E-state index in [1.807, 2.05) is 0 Å². The molecule has 6 nitrogen and oxygen atoms in total. The van der Waals surface area contributed by atoms with Crippen LogP contribution in [0.25, 0.3) is 0 Å². The van der Waals surface area contributed by atoms with Crippen LogP contribution < -0.4 is 11.3 Å². The summed E-state index contributed by atoms with van der Waals surface area (Å²) in [5, 5.41) is 8.96. The van der Waals surface area contributed by atoms with Crippen LogP contribution in [0.15, 0.2) is 18.3 Å². The van der Waals surface area contributed by atoms with Crippen LogP contribution in [-0.4, -0.2) is 40.6 Å². The number of nitrogens with zero attached hydrogens (tertiary/aromatic N) is 2. The molecule has 0 saturated heterocycles. The van der Waals surface area contributed by atoms with Crippen molar-refractivity contribution in [2.24, 2.45) is 5.84 Å². The third-order valence-electron chi connectivity index (χ3n) is 2.40. The Labute approximate surface area is 94.1 Å². The number of hydrogen-bond acceptors (Lipinski definition) is 5. The minimum absolute atomic E-state index is 0.0741. The van der Waals surface area contributed by atoms with Gasteiger partial charge in [0.25, 0.3) is 5.91 Å². The molecule has 0 bridgehead atoms. The van der Waals surface area contributed by atoms with E-state index in [0.717, 1.165) is 0 Å². The van der Waals surface area contributed by atoms with Gasteiger partial charge in [0, 0.05) is 18.8 Å². The molecule has 0 spiro atoms. The van der Waals surface area contributed by atoms with E-state index in [1.165, 1.54) is 11.1 Å². The minimum atomic E-state index is -0.227. The second-order valence-electron chi connectivity index (χ2n) is 3.52. The number of amides is 1. The molecule has 1 rings (SSSR count). The highest BCUT2D eigenvalue weighted by Crippen LogP contribution is 2.09. The van der Waals surface area contributed by atoms with Gasteiger partial charge in [-0.3, -0.25) is 4.79 Å². The molecule has 0 aliphatic heterocycles. The number of aromatic nitrogens is 1. The number of likely N-dealkylation sites (N-methyl/N-ethyl adjacent to an activating group) is 1. The Hall–Kier alpha value is -1.66. The molecule has 0 radical (unpaired) electrons. The number of carbonyl (C=O) groups is 1. The SMILES string of the molecule is CC(CO)N(C)C(=O)c1ccnc(NN)c1. The molecule has 1 heterocycles. The summed E-state index contributed by atoms with van der Waals surface area (Å²) in [7, 11) is 1.64. The lowest BCUT2D eigenvalue weighted by molar-refractivity contribution is 0.0682. The van der Waals surface area contributed by atoms with Crippen molar-refractivity contribution in [1.29, 1.82) is 0 Å². The summed E-state index contributed by atoms with van der Waals surface area (Å²) in [4.78, 5) is 17.3. The van der Waals surface area contributed by atoms with Crippen LogP contribution in [0.5, 0.6) is 0 Å². The molecule has 0 fully saturated rings. The van der Waals surface area contributed by atoms with Crippen molar-refractivity contribution in [1.82, 2.24) is 9.88 Å². The molecule has 0 aromatic carbocycles. The molecule has 1 aromatic heterocycles. The van der Waals surface area contributed by atoms with Gasteiger partial charge in [0.1, 0.15) is 5.82 Å². The molecule has 1 unspecified atom stereocenters. The van der Waals surface area contributed by atoms with Crippen molar-refractivity contribution in [2.45, 2.75) is 13.0 Å². The molecule has 1 atom stereocenters. The first-order valence-electron chi connectivity index (χ1n) is 4.90. The number of pyridine rings is 1. The lowest BCUT2D eigenvalue weighted by Crippen LogP contribution is -2.37. The van der Waals surface area contributed by atoms with Gasteiger partial charge in [0.2, 0.25) is 0 Å².